The second kappa shape index (κ2) is 7.06. The minimum Gasteiger partial charge on any atom is -0.417 e. The molecule has 2 aromatic heterocycles. The topological polar surface area (TPSA) is 43.2 Å². The summed E-state index contributed by atoms with van der Waals surface area (Å²) in [5.41, 5.74) is -0.982. The average molecular weight is 382 g/mol. The van der Waals surface area contributed by atoms with Gasteiger partial charge in [0, 0.05) is 25.8 Å². The van der Waals surface area contributed by atoms with Crippen LogP contribution in [0, 0.1) is 0 Å². The quantitative estimate of drug-likeness (QED) is 0.591. The zero-order chi connectivity index (χ0) is 18.9. The number of alkyl halides is 3. The number of aromatic nitrogens is 3. The van der Waals surface area contributed by atoms with Crippen LogP contribution >= 0.6 is 12.0 Å². The van der Waals surface area contributed by atoms with Crippen molar-refractivity contribution in [2.45, 2.75) is 18.9 Å². The van der Waals surface area contributed by atoms with E-state index in [1.54, 1.807) is 24.7 Å². The largest absolute Gasteiger partial charge is 0.479 e. The first-order valence-corrected chi connectivity index (χ1v) is 8.59. The molecule has 0 spiro atoms. The number of hydrogen-bond acceptors (Lipinski definition) is 5. The Bertz CT molecular complexity index is 926. The third-order valence-electron chi connectivity index (χ3n) is 3.97. The summed E-state index contributed by atoms with van der Waals surface area (Å²) in [6.07, 6.45) is 4.06. The molecule has 2 heterocycles. The number of pyridine rings is 1. The monoisotopic (exact) mass is 382 g/mol. The van der Waals surface area contributed by atoms with Gasteiger partial charge in [0.2, 0.25) is 0 Å². The summed E-state index contributed by atoms with van der Waals surface area (Å²) in [6.45, 7) is 1.94. The number of aryl methyl sites for hydroxylation is 2. The molecule has 0 fully saturated rings. The summed E-state index contributed by atoms with van der Waals surface area (Å²) >= 11 is -0.515. The molecule has 138 valence electrons. The first kappa shape index (κ1) is 18.4. The Labute approximate surface area is 153 Å². The molecule has 0 atom stereocenters. The highest BCUT2D eigenvalue weighted by Crippen LogP contribution is 2.35. The van der Waals surface area contributed by atoms with Crippen molar-refractivity contribution < 1.29 is 17.4 Å². The van der Waals surface area contributed by atoms with E-state index in [1.165, 1.54) is 6.07 Å². The van der Waals surface area contributed by atoms with E-state index in [9.17, 15) is 13.2 Å². The maximum absolute atomic E-state index is 12.3. The molecular weight excluding hydrogens is 365 g/mol. The van der Waals surface area contributed by atoms with Crippen molar-refractivity contribution in [1.29, 1.82) is 0 Å². The van der Waals surface area contributed by atoms with E-state index in [0.29, 0.717) is 12.2 Å². The fourth-order valence-corrected chi connectivity index (χ4v) is 2.94. The molecule has 26 heavy (non-hydrogen) atoms. The van der Waals surface area contributed by atoms with Crippen LogP contribution in [-0.4, -0.2) is 27.1 Å². The number of nitrogens with zero attached hydrogens (tertiary/aromatic N) is 4. The predicted octanol–water partition coefficient (Wildman–Crippen LogP) is 4.85. The van der Waals surface area contributed by atoms with Gasteiger partial charge in [-0.25, -0.2) is 9.97 Å². The van der Waals surface area contributed by atoms with Crippen LogP contribution in [0.3, 0.4) is 0 Å². The molecule has 0 aliphatic rings. The molecule has 9 heteroatoms. The highest BCUT2D eigenvalue weighted by molar-refractivity contribution is 7.95. The number of rotatable bonds is 5. The second-order valence-electron chi connectivity index (χ2n) is 5.70. The van der Waals surface area contributed by atoms with Gasteiger partial charge >= 0.3 is 5.51 Å². The van der Waals surface area contributed by atoms with Crippen LogP contribution in [0.2, 0.25) is 0 Å². The molecule has 0 saturated heterocycles. The van der Waals surface area contributed by atoms with E-state index in [1.807, 2.05) is 36.6 Å². The van der Waals surface area contributed by atoms with Crippen LogP contribution in [0.1, 0.15) is 12.5 Å². The summed E-state index contributed by atoms with van der Waals surface area (Å²) in [4.78, 5) is 10.6. The van der Waals surface area contributed by atoms with Crippen molar-refractivity contribution in [3.8, 4) is 5.75 Å². The predicted molar refractivity (Wildman–Crippen MR) is 96.7 cm³/mol. The van der Waals surface area contributed by atoms with Gasteiger partial charge in [0.15, 0.2) is 12.0 Å². The van der Waals surface area contributed by atoms with Crippen molar-refractivity contribution in [1.82, 2.24) is 14.5 Å². The van der Waals surface area contributed by atoms with E-state index in [-0.39, 0.29) is 5.75 Å². The van der Waals surface area contributed by atoms with E-state index in [4.69, 9.17) is 4.18 Å². The molecule has 0 bridgehead atoms. The smallest absolute Gasteiger partial charge is 0.417 e. The van der Waals surface area contributed by atoms with Gasteiger partial charge in [-0.1, -0.05) is 6.92 Å². The van der Waals surface area contributed by atoms with E-state index >= 15 is 0 Å². The molecule has 0 N–H and O–H groups in total. The number of halogens is 3. The molecule has 0 aliphatic carbocycles. The van der Waals surface area contributed by atoms with Gasteiger partial charge in [-0.3, -0.25) is 0 Å². The minimum absolute atomic E-state index is 0.163. The van der Waals surface area contributed by atoms with Crippen LogP contribution in [-0.2, 0) is 13.5 Å². The van der Waals surface area contributed by atoms with Crippen LogP contribution in [0.4, 0.5) is 24.7 Å². The van der Waals surface area contributed by atoms with Gasteiger partial charge in [0.1, 0.15) is 17.1 Å². The summed E-state index contributed by atoms with van der Waals surface area (Å²) in [7, 11) is 3.77. The lowest BCUT2D eigenvalue weighted by Gasteiger charge is -2.22. The second-order valence-corrected chi connectivity index (χ2v) is 6.50. The van der Waals surface area contributed by atoms with Gasteiger partial charge in [0.05, 0.1) is 18.0 Å². The Morgan fingerprint density at radius 2 is 2.00 bits per heavy atom. The van der Waals surface area contributed by atoms with Gasteiger partial charge in [-0.05, 0) is 30.2 Å². The normalized spacial score (nSPS) is 11.8. The summed E-state index contributed by atoms with van der Waals surface area (Å²) < 4.78 is 43.6. The summed E-state index contributed by atoms with van der Waals surface area (Å²) in [5, 5.41) is 0. The lowest BCUT2D eigenvalue weighted by Crippen LogP contribution is -2.13. The zero-order valence-corrected chi connectivity index (χ0v) is 15.2. The molecular formula is C17H17F3N4OS. The number of fused-ring (bicyclic) bond motifs is 1. The Hall–Kier alpha value is -2.42. The van der Waals surface area contributed by atoms with Gasteiger partial charge in [-0.2, -0.15) is 13.2 Å². The Morgan fingerprint density at radius 1 is 1.23 bits per heavy atom. The average Bonchev–Trinajstić information content (AvgIpc) is 2.99. The number of benzene rings is 1. The van der Waals surface area contributed by atoms with Crippen LogP contribution < -0.4 is 9.08 Å². The molecule has 0 aliphatic heterocycles. The SMILES string of the molecule is CCc1cc(OSC(F)(F)F)ccc1N(C)c1cc2c(cn1)ncn2C. The summed E-state index contributed by atoms with van der Waals surface area (Å²) in [5.74, 6) is 0.880. The summed E-state index contributed by atoms with van der Waals surface area (Å²) in [6, 6.07) is 6.80. The third-order valence-corrected chi connectivity index (χ3v) is 4.43. The van der Waals surface area contributed by atoms with Gasteiger partial charge < -0.3 is 13.7 Å². The first-order chi connectivity index (χ1) is 12.3. The molecule has 3 aromatic rings. The maximum atomic E-state index is 12.3. The van der Waals surface area contributed by atoms with Crippen molar-refractivity contribution in [2.75, 3.05) is 11.9 Å². The Kier molecular flexibility index (Phi) is 4.99. The Morgan fingerprint density at radius 3 is 2.69 bits per heavy atom. The third kappa shape index (κ3) is 3.87. The first-order valence-electron chi connectivity index (χ1n) is 7.84. The zero-order valence-electron chi connectivity index (χ0n) is 14.4. The van der Waals surface area contributed by atoms with E-state index < -0.39 is 17.6 Å². The standard InChI is InChI=1S/C17H17F3N4OS/c1-4-11-7-12(25-26-17(18,19)20)5-6-14(11)24(3)16-8-15-13(9-21-16)22-10-23(15)2/h5-10H,4H2,1-3H3. The van der Waals surface area contributed by atoms with E-state index in [0.717, 1.165) is 22.3 Å². The van der Waals surface area contributed by atoms with Crippen molar-refractivity contribution in [3.05, 3.63) is 42.4 Å². The molecule has 5 nitrogen and oxygen atoms in total. The fraction of sp³-hybridized carbons (Fsp3) is 0.294. The number of hydrogen-bond donors (Lipinski definition) is 0. The van der Waals surface area contributed by atoms with Crippen LogP contribution in [0.15, 0.2) is 36.8 Å². The number of imidazole rings is 1. The minimum atomic E-state index is -4.44. The van der Waals surface area contributed by atoms with Crippen molar-refractivity contribution >= 4 is 34.6 Å². The fourth-order valence-electron chi connectivity index (χ4n) is 2.65. The van der Waals surface area contributed by atoms with Gasteiger partial charge in [-0.15, -0.1) is 0 Å². The number of anilines is 2. The maximum Gasteiger partial charge on any atom is 0.479 e. The lowest BCUT2D eigenvalue weighted by molar-refractivity contribution is -0.0369. The Balaban J connectivity index is 1.90. The molecule has 0 saturated carbocycles. The highest BCUT2D eigenvalue weighted by atomic mass is 32.2. The van der Waals surface area contributed by atoms with Gasteiger partial charge in [0.25, 0.3) is 0 Å². The lowest BCUT2D eigenvalue weighted by atomic mass is 10.1. The van der Waals surface area contributed by atoms with Crippen LogP contribution in [0.25, 0.3) is 11.0 Å². The molecule has 3 rings (SSSR count). The van der Waals surface area contributed by atoms with Crippen molar-refractivity contribution in [3.63, 3.8) is 0 Å². The molecule has 1 aromatic carbocycles. The molecule has 0 radical (unpaired) electrons. The van der Waals surface area contributed by atoms with Crippen LogP contribution in [0.5, 0.6) is 5.75 Å². The molecule has 0 amide bonds. The van der Waals surface area contributed by atoms with Crippen molar-refractivity contribution in [2.24, 2.45) is 7.05 Å². The van der Waals surface area contributed by atoms with E-state index in [2.05, 4.69) is 9.97 Å². The highest BCUT2D eigenvalue weighted by Gasteiger charge is 2.31. The molecule has 0 unspecified atom stereocenters.